The first-order valence-electron chi connectivity index (χ1n) is 38.8. The van der Waals surface area contributed by atoms with Crippen LogP contribution in [0.15, 0.2) is 60.7 Å². The van der Waals surface area contributed by atoms with Crippen molar-refractivity contribution in [3.63, 3.8) is 0 Å². The van der Waals surface area contributed by atoms with Crippen LogP contribution >= 0.6 is 23.5 Å². The molecule has 6 N–H and O–H groups in total. The van der Waals surface area contributed by atoms with Crippen molar-refractivity contribution in [3.05, 3.63) is 83.0 Å². The van der Waals surface area contributed by atoms with Gasteiger partial charge in [0.15, 0.2) is 0 Å². The molecule has 0 radical (unpaired) electrons. The molecule has 0 spiro atoms. The first-order chi connectivity index (χ1) is 51.4. The van der Waals surface area contributed by atoms with Gasteiger partial charge < -0.3 is 50.0 Å². The minimum atomic E-state index is -0.842. The first kappa shape index (κ1) is 84.4. The Kier molecular flexibility index (Phi) is 29.9. The number of likely N-dealkylation sites (tertiary alicyclic amines) is 2. The monoisotopic (exact) mass is 1530 g/mol. The van der Waals surface area contributed by atoms with Crippen molar-refractivity contribution in [2.24, 2.45) is 58.2 Å². The summed E-state index contributed by atoms with van der Waals surface area (Å²) in [5.74, 6) is 6.39. The van der Waals surface area contributed by atoms with E-state index in [-0.39, 0.29) is 131 Å². The van der Waals surface area contributed by atoms with Gasteiger partial charge in [-0.1, -0.05) is 136 Å². The van der Waals surface area contributed by atoms with Gasteiger partial charge in [-0.2, -0.15) is 0 Å². The van der Waals surface area contributed by atoms with E-state index < -0.39 is 82.5 Å². The second kappa shape index (κ2) is 38.3. The molecule has 18 atom stereocenters. The van der Waals surface area contributed by atoms with Gasteiger partial charge in [-0.25, -0.2) is 0 Å². The molecule has 2 aromatic rings. The fourth-order valence-corrected chi connectivity index (χ4v) is 18.4. The zero-order valence-corrected chi connectivity index (χ0v) is 66.0. The minimum Gasteiger partial charge on any atom is -0.489 e. The lowest BCUT2D eigenvalue weighted by Crippen LogP contribution is -2.42. The van der Waals surface area contributed by atoms with E-state index in [9.17, 15) is 58.2 Å². The number of carbonyl (C=O) groups excluding carboxylic acids is 8. The van der Waals surface area contributed by atoms with Crippen molar-refractivity contribution in [1.29, 1.82) is 0 Å². The number of fused-ring (bicyclic) bond motifs is 6. The molecule has 22 nitrogen and oxygen atoms in total. The van der Waals surface area contributed by atoms with Gasteiger partial charge in [0.2, 0.25) is 35.4 Å². The molecular weight excluding hydrogens is 1420 g/mol. The van der Waals surface area contributed by atoms with Crippen LogP contribution in [-0.4, -0.2) is 162 Å². The highest BCUT2D eigenvalue weighted by Crippen LogP contribution is 2.55. The number of amides is 6. The number of para-hydroxylation sites is 2. The van der Waals surface area contributed by atoms with Crippen LogP contribution in [0.2, 0.25) is 0 Å². The molecule has 2 aromatic carbocycles. The highest BCUT2D eigenvalue weighted by atomic mass is 32.2. The van der Waals surface area contributed by atoms with Crippen LogP contribution in [0, 0.1) is 81.9 Å². The quantitative estimate of drug-likeness (QED) is 0.0139. The zero-order chi connectivity index (χ0) is 78.3. The molecule has 10 rings (SSSR count). The van der Waals surface area contributed by atoms with E-state index in [4.69, 9.17) is 29.2 Å². The number of hydrogen-bond donors (Lipinski definition) is 6. The number of imide groups is 2. The van der Waals surface area contributed by atoms with Gasteiger partial charge in [0.25, 0.3) is 0 Å². The van der Waals surface area contributed by atoms with Crippen LogP contribution in [-0.2, 0) is 70.3 Å². The Bertz CT molecular complexity index is 3800. The largest absolute Gasteiger partial charge is 0.489 e. The number of nitrogens with one attached hydrogen (secondary N) is 2. The maximum atomic E-state index is 14.0. The van der Waals surface area contributed by atoms with E-state index in [1.807, 2.05) is 110 Å². The number of nitrogens with zero attached hydrogens (tertiary/aromatic N) is 2. The Hall–Kier alpha value is -7.64. The number of carboxylic acid groups (broad SMARTS) is 2. The summed E-state index contributed by atoms with van der Waals surface area (Å²) >= 11 is 2.49. The van der Waals surface area contributed by atoms with Gasteiger partial charge in [0, 0.05) is 105 Å². The summed E-state index contributed by atoms with van der Waals surface area (Å²) in [6, 6.07) is 11.9. The summed E-state index contributed by atoms with van der Waals surface area (Å²) in [4.78, 5) is 131. The molecule has 588 valence electrons. The number of benzene rings is 2. The number of aliphatic hydroxyl groups is 2. The summed E-state index contributed by atoms with van der Waals surface area (Å²) in [6.07, 6.45) is 14.2. The third kappa shape index (κ3) is 21.9. The van der Waals surface area contributed by atoms with Crippen LogP contribution in [0.5, 0.6) is 11.5 Å². The Balaban J connectivity index is 0.000000249. The molecular formula is C84H112N4O18S2. The van der Waals surface area contributed by atoms with Crippen molar-refractivity contribution in [2.45, 2.75) is 257 Å². The fourth-order valence-electron chi connectivity index (χ4n) is 16.5. The number of aryl methyl sites for hydroxylation is 2. The molecule has 4 heterocycles. The molecule has 0 aromatic heterocycles. The number of esters is 2. The number of aliphatic hydroxyl groups excluding tert-OH is 2. The Morgan fingerprint density at radius 1 is 0.620 bits per heavy atom. The number of thioether (sulfide) groups is 2. The second-order valence-electron chi connectivity index (χ2n) is 32.9. The predicted molar refractivity (Wildman–Crippen MR) is 410 cm³/mol. The minimum absolute atomic E-state index is 0.0645. The summed E-state index contributed by atoms with van der Waals surface area (Å²) in [5.41, 5.74) is 3.47. The maximum absolute atomic E-state index is 14.0. The van der Waals surface area contributed by atoms with Gasteiger partial charge in [-0.15, -0.1) is 47.2 Å². The van der Waals surface area contributed by atoms with Crippen LogP contribution in [0.25, 0.3) is 0 Å². The fraction of sp³-hybridized carbons (Fsp3) is 0.643. The topological polar surface area (TPSA) is 319 Å². The lowest BCUT2D eigenvalue weighted by atomic mass is 9.78. The maximum Gasteiger partial charge on any atom is 0.310 e. The summed E-state index contributed by atoms with van der Waals surface area (Å²) < 4.78 is 25.5. The molecule has 8 aliphatic rings. The van der Waals surface area contributed by atoms with E-state index in [0.717, 1.165) is 59.4 Å². The number of hydrogen-bond acceptors (Lipinski definition) is 18. The van der Waals surface area contributed by atoms with Crippen LogP contribution < -0.4 is 20.1 Å². The Morgan fingerprint density at radius 3 is 1.54 bits per heavy atom. The summed E-state index contributed by atoms with van der Waals surface area (Å²) in [5, 5.41) is 45.2. The third-order valence-corrected chi connectivity index (χ3v) is 24.3. The van der Waals surface area contributed by atoms with Gasteiger partial charge in [-0.3, -0.25) is 57.7 Å². The first-order valence-corrected chi connectivity index (χ1v) is 40.9. The molecule has 4 aliphatic carbocycles. The molecule has 2 saturated heterocycles. The molecule has 24 heteroatoms. The third-order valence-electron chi connectivity index (χ3n) is 22.1. The lowest BCUT2D eigenvalue weighted by Gasteiger charge is -2.31. The Labute approximate surface area is 644 Å². The van der Waals surface area contributed by atoms with Gasteiger partial charge in [-0.05, 0) is 99.2 Å². The van der Waals surface area contributed by atoms with Crippen molar-refractivity contribution < 1.29 is 87.3 Å². The van der Waals surface area contributed by atoms with Crippen molar-refractivity contribution in [1.82, 2.24) is 20.4 Å². The standard InChI is InChI=1S/2C42H56N2O9S/c1-6-7-12-25(2)32(20-19-29-31(45)21-33-37(29)30-17-10-13-26(38(30)52-33)14-11-18-36(47)48)53-41(51)28-16-9-8-15-27(28)39(49)43-24-54-34-22-35(46)44(40(34)50)23-42(3,4)5;1-6-7-12-25(2)31(45)20-19-29-32(21-33-37(29)30-17-10-13-26(38(30)52-33)14-11-18-36(47)48)53-41(51)28-16-9-8-15-27(28)39(49)43-24-54-34-22-35(46)44(40(34)50)23-42(3,4)5/h2*10,13,17,19-20,25,27-29,31-34,37,45H,8-9,11-12,14-16,18,21-24H2,1-5H3,(H,43,49)(H,47,48)/b2*20-19+/t2*25-,27?,28?,29-,31+,32+,33-,34?,37-/m00/s1. The molecule has 4 saturated carbocycles. The summed E-state index contributed by atoms with van der Waals surface area (Å²) in [7, 11) is 0. The number of ether oxygens (including phenoxy) is 4. The average Bonchev–Trinajstić information content (AvgIpc) is 1.60. The van der Waals surface area contributed by atoms with Crippen molar-refractivity contribution in [3.8, 4) is 35.2 Å². The molecule has 4 aliphatic heterocycles. The summed E-state index contributed by atoms with van der Waals surface area (Å²) in [6.45, 7) is 20.0. The van der Waals surface area contributed by atoms with Gasteiger partial charge in [0.05, 0.1) is 58.1 Å². The number of aliphatic carboxylic acids is 2. The van der Waals surface area contributed by atoms with Crippen LogP contribution in [0.3, 0.4) is 0 Å². The molecule has 6 amide bonds. The van der Waals surface area contributed by atoms with Crippen molar-refractivity contribution >= 4 is 82.8 Å². The lowest BCUT2D eigenvalue weighted by molar-refractivity contribution is -0.161. The van der Waals surface area contributed by atoms with E-state index in [2.05, 4.69) is 34.3 Å². The number of carbonyl (C=O) groups is 10. The molecule has 0 bridgehead atoms. The van der Waals surface area contributed by atoms with Gasteiger partial charge >= 0.3 is 23.9 Å². The number of carboxylic acids is 2. The molecule has 6 unspecified atom stereocenters. The zero-order valence-electron chi connectivity index (χ0n) is 64.4. The second-order valence-corrected chi connectivity index (χ2v) is 35.3. The normalized spacial score (nSPS) is 27.4. The molecule has 108 heavy (non-hydrogen) atoms. The average molecular weight is 1530 g/mol. The van der Waals surface area contributed by atoms with E-state index in [1.54, 1.807) is 19.9 Å². The van der Waals surface area contributed by atoms with Gasteiger partial charge in [0.1, 0.15) is 35.9 Å². The smallest absolute Gasteiger partial charge is 0.310 e. The highest BCUT2D eigenvalue weighted by Gasteiger charge is 2.53. The van der Waals surface area contributed by atoms with Crippen molar-refractivity contribution in [2.75, 3.05) is 24.8 Å². The predicted octanol–water partition coefficient (Wildman–Crippen LogP) is 11.2. The van der Waals surface area contributed by atoms with Crippen LogP contribution in [0.4, 0.5) is 0 Å². The molecule has 6 fully saturated rings. The highest BCUT2D eigenvalue weighted by molar-refractivity contribution is 8.00. The van der Waals surface area contributed by atoms with Crippen LogP contribution in [0.1, 0.15) is 219 Å². The van der Waals surface area contributed by atoms with E-state index >= 15 is 0 Å². The SMILES string of the molecule is CC#CC[C@H](C)[C@@H](/C=C/[C@@H]1[C@H]2c3cccc(CCCC(=O)O)c3O[C@H]2C[C@H]1O)OC(=O)C1CCCCC1C(=O)NCSC1CC(=O)N(CC(C)(C)C)C1=O.CC#CC[C@H](C)[C@H](O)/C=C/[C@@H]1[C@H]2c3cccc(CCCC(=O)O)c3O[C@H]2C[C@H]1OC(=O)C1CCCCC1C(=O)NCSC1CC(=O)N(CC(C)(C)C)C1=O. The van der Waals surface area contributed by atoms with E-state index in [1.165, 1.54) is 33.3 Å². The Morgan fingerprint density at radius 2 is 1.06 bits per heavy atom. The number of rotatable bonds is 30. The van der Waals surface area contributed by atoms with E-state index in [0.29, 0.717) is 90.1 Å².